The molecule has 4 heterocycles. The van der Waals surface area contributed by atoms with Gasteiger partial charge in [0.15, 0.2) is 5.82 Å². The zero-order valence-electron chi connectivity index (χ0n) is 14.8. The number of para-hydroxylation sites is 2. The van der Waals surface area contributed by atoms with Crippen LogP contribution in [0.25, 0.3) is 17.0 Å². The molecular formula is C20H19N7. The highest BCUT2D eigenvalue weighted by molar-refractivity contribution is 5.77. The average Bonchev–Trinajstić information content (AvgIpc) is 3.44. The molecule has 1 atom stereocenters. The number of hydrogen-bond acceptors (Lipinski definition) is 5. The maximum Gasteiger partial charge on any atom is 0.237 e. The first-order valence-corrected chi connectivity index (χ1v) is 9.35. The van der Waals surface area contributed by atoms with E-state index in [1.54, 1.807) is 6.33 Å². The molecule has 0 amide bonds. The number of aromatic amines is 1. The van der Waals surface area contributed by atoms with Crippen molar-refractivity contribution < 1.29 is 0 Å². The van der Waals surface area contributed by atoms with E-state index >= 15 is 0 Å². The lowest BCUT2D eigenvalue weighted by molar-refractivity contribution is 0.529. The third-order valence-corrected chi connectivity index (χ3v) is 5.65. The van der Waals surface area contributed by atoms with Crippen molar-refractivity contribution in [3.63, 3.8) is 0 Å². The summed E-state index contributed by atoms with van der Waals surface area (Å²) in [5, 5.41) is 3.45. The molecule has 0 bridgehead atoms. The summed E-state index contributed by atoms with van der Waals surface area (Å²) in [6, 6.07) is 10.6. The van der Waals surface area contributed by atoms with E-state index in [9.17, 15) is 0 Å². The van der Waals surface area contributed by atoms with E-state index in [-0.39, 0.29) is 0 Å². The normalized spacial score (nSPS) is 18.4. The molecule has 0 radical (unpaired) electrons. The Balaban J connectivity index is 1.44. The minimum atomic E-state index is 0.344. The van der Waals surface area contributed by atoms with E-state index in [1.807, 2.05) is 35.0 Å². The second kappa shape index (κ2) is 5.57. The maximum atomic E-state index is 4.92. The second-order valence-electron chi connectivity index (χ2n) is 7.13. The summed E-state index contributed by atoms with van der Waals surface area (Å²) in [4.78, 5) is 19.7. The molecule has 1 aromatic carbocycles. The first-order chi connectivity index (χ1) is 13.4. The number of anilines is 2. The predicted octanol–water partition coefficient (Wildman–Crippen LogP) is 3.41. The van der Waals surface area contributed by atoms with Gasteiger partial charge in [0, 0.05) is 11.9 Å². The molecule has 7 heteroatoms. The molecule has 4 aromatic rings. The molecule has 0 spiro atoms. The molecule has 7 nitrogen and oxygen atoms in total. The van der Waals surface area contributed by atoms with E-state index in [4.69, 9.17) is 4.98 Å². The molecule has 27 heavy (non-hydrogen) atoms. The van der Waals surface area contributed by atoms with Crippen LogP contribution in [0.15, 0.2) is 49.1 Å². The number of aryl methyl sites for hydroxylation is 1. The minimum absolute atomic E-state index is 0.344. The van der Waals surface area contributed by atoms with Crippen LogP contribution >= 0.6 is 0 Å². The van der Waals surface area contributed by atoms with Gasteiger partial charge in [0.2, 0.25) is 5.95 Å². The fourth-order valence-corrected chi connectivity index (χ4v) is 4.34. The van der Waals surface area contributed by atoms with E-state index < -0.39 is 0 Å². The highest BCUT2D eigenvalue weighted by Gasteiger charge is 2.32. The third-order valence-electron chi connectivity index (χ3n) is 5.65. The molecular weight excluding hydrogens is 338 g/mol. The monoisotopic (exact) mass is 357 g/mol. The van der Waals surface area contributed by atoms with Crippen molar-refractivity contribution in [2.75, 3.05) is 16.9 Å². The van der Waals surface area contributed by atoms with Gasteiger partial charge in [-0.25, -0.2) is 9.97 Å². The lowest BCUT2D eigenvalue weighted by Crippen LogP contribution is -2.31. The van der Waals surface area contributed by atoms with Crippen LogP contribution in [0.2, 0.25) is 0 Å². The SMILES string of the molecule is c1ccc2c(c1)ncn2-c1ncc2c(n1)N(C1CCCc3[nH]ccc31)CN2. The number of H-pyrrole nitrogens is 1. The molecule has 2 aliphatic rings. The van der Waals surface area contributed by atoms with E-state index in [0.29, 0.717) is 12.0 Å². The number of aromatic nitrogens is 5. The van der Waals surface area contributed by atoms with Gasteiger partial charge in [-0.1, -0.05) is 12.1 Å². The maximum absolute atomic E-state index is 4.92. The van der Waals surface area contributed by atoms with Gasteiger partial charge in [0.1, 0.15) is 6.33 Å². The van der Waals surface area contributed by atoms with Crippen molar-refractivity contribution in [2.24, 2.45) is 0 Å². The number of imidazole rings is 1. The van der Waals surface area contributed by atoms with Crippen LogP contribution in [0.1, 0.15) is 30.1 Å². The summed E-state index contributed by atoms with van der Waals surface area (Å²) in [5.41, 5.74) is 5.70. The number of rotatable bonds is 2. The van der Waals surface area contributed by atoms with Gasteiger partial charge in [0.05, 0.1) is 35.6 Å². The fourth-order valence-electron chi connectivity index (χ4n) is 4.34. The standard InChI is InChI=1S/C20H19N7/c1-2-6-18-15(4-1)23-12-27(18)20-22-10-16-19(25-20)26(11-24-16)17-7-3-5-14-13(17)8-9-21-14/h1-2,4,6,8-10,12,17,21,24H,3,5,7,11H2. The summed E-state index contributed by atoms with van der Waals surface area (Å²) in [7, 11) is 0. The number of nitrogens with zero attached hydrogens (tertiary/aromatic N) is 5. The Labute approximate surface area is 156 Å². The minimum Gasteiger partial charge on any atom is -0.365 e. The Kier molecular flexibility index (Phi) is 3.05. The Morgan fingerprint density at radius 3 is 3.07 bits per heavy atom. The highest BCUT2D eigenvalue weighted by atomic mass is 15.4. The first-order valence-electron chi connectivity index (χ1n) is 9.35. The summed E-state index contributed by atoms with van der Waals surface area (Å²) in [6.45, 7) is 0.757. The second-order valence-corrected chi connectivity index (χ2v) is 7.13. The lowest BCUT2D eigenvalue weighted by atomic mass is 9.92. The summed E-state index contributed by atoms with van der Waals surface area (Å²) in [5.74, 6) is 1.62. The van der Waals surface area contributed by atoms with Crippen LogP contribution in [0.4, 0.5) is 11.5 Å². The third kappa shape index (κ3) is 2.17. The van der Waals surface area contributed by atoms with E-state index in [1.165, 1.54) is 17.7 Å². The van der Waals surface area contributed by atoms with Gasteiger partial charge >= 0.3 is 0 Å². The van der Waals surface area contributed by atoms with Crippen molar-refractivity contribution in [1.29, 1.82) is 0 Å². The molecule has 1 unspecified atom stereocenters. The molecule has 0 fully saturated rings. The van der Waals surface area contributed by atoms with Crippen LogP contribution in [-0.4, -0.2) is 31.2 Å². The molecule has 1 aliphatic heterocycles. The number of benzene rings is 1. The highest BCUT2D eigenvalue weighted by Crippen LogP contribution is 2.41. The zero-order valence-corrected chi connectivity index (χ0v) is 14.8. The Morgan fingerprint density at radius 2 is 2.07 bits per heavy atom. The Hall–Kier alpha value is -3.35. The Bertz CT molecular complexity index is 1140. The van der Waals surface area contributed by atoms with Crippen molar-refractivity contribution in [1.82, 2.24) is 24.5 Å². The lowest BCUT2D eigenvalue weighted by Gasteiger charge is -2.32. The van der Waals surface area contributed by atoms with Crippen molar-refractivity contribution in [3.05, 3.63) is 60.3 Å². The predicted molar refractivity (Wildman–Crippen MR) is 104 cm³/mol. The van der Waals surface area contributed by atoms with Crippen LogP contribution in [0, 0.1) is 0 Å². The van der Waals surface area contributed by atoms with E-state index in [2.05, 4.69) is 37.4 Å². The van der Waals surface area contributed by atoms with Crippen molar-refractivity contribution in [3.8, 4) is 5.95 Å². The van der Waals surface area contributed by atoms with Gasteiger partial charge in [-0.15, -0.1) is 0 Å². The van der Waals surface area contributed by atoms with Gasteiger partial charge < -0.3 is 15.2 Å². The quantitative estimate of drug-likeness (QED) is 0.575. The molecule has 6 rings (SSSR count). The number of nitrogens with one attached hydrogen (secondary N) is 2. The number of hydrogen-bond donors (Lipinski definition) is 2. The van der Waals surface area contributed by atoms with Crippen molar-refractivity contribution in [2.45, 2.75) is 25.3 Å². The summed E-state index contributed by atoms with van der Waals surface area (Å²) < 4.78 is 1.95. The Morgan fingerprint density at radius 1 is 1.11 bits per heavy atom. The molecule has 0 saturated carbocycles. The average molecular weight is 357 g/mol. The van der Waals surface area contributed by atoms with Crippen molar-refractivity contribution >= 4 is 22.5 Å². The molecule has 2 N–H and O–H groups in total. The summed E-state index contributed by atoms with van der Waals surface area (Å²) >= 11 is 0. The smallest absolute Gasteiger partial charge is 0.237 e. The molecule has 0 saturated heterocycles. The first kappa shape index (κ1) is 14.8. The zero-order chi connectivity index (χ0) is 17.8. The van der Waals surface area contributed by atoms with Crippen LogP contribution in [0.5, 0.6) is 0 Å². The van der Waals surface area contributed by atoms with Crippen LogP contribution in [-0.2, 0) is 6.42 Å². The van der Waals surface area contributed by atoms with Crippen LogP contribution < -0.4 is 10.2 Å². The van der Waals surface area contributed by atoms with E-state index in [0.717, 1.165) is 42.0 Å². The summed E-state index contributed by atoms with van der Waals surface area (Å²) in [6.07, 6.45) is 9.18. The van der Waals surface area contributed by atoms with Gasteiger partial charge in [-0.05, 0) is 43.0 Å². The van der Waals surface area contributed by atoms with Crippen LogP contribution in [0.3, 0.4) is 0 Å². The van der Waals surface area contributed by atoms with Gasteiger partial charge in [-0.2, -0.15) is 4.98 Å². The van der Waals surface area contributed by atoms with Gasteiger partial charge in [-0.3, -0.25) is 4.57 Å². The fraction of sp³-hybridized carbons (Fsp3) is 0.250. The number of fused-ring (bicyclic) bond motifs is 3. The largest absolute Gasteiger partial charge is 0.365 e. The molecule has 134 valence electrons. The molecule has 3 aromatic heterocycles. The van der Waals surface area contributed by atoms with Gasteiger partial charge in [0.25, 0.3) is 0 Å². The molecule has 1 aliphatic carbocycles. The topological polar surface area (TPSA) is 74.7 Å².